The lowest BCUT2D eigenvalue weighted by molar-refractivity contribution is -0.138. The first-order valence-corrected chi connectivity index (χ1v) is 3.12. The Bertz CT molecular complexity index is 105. The smallest absolute Gasteiger partial charge is 0.310 e. The van der Waals surface area contributed by atoms with Crippen LogP contribution in [0.3, 0.4) is 0 Å². The van der Waals surface area contributed by atoms with Gasteiger partial charge in [-0.2, -0.15) is 0 Å². The van der Waals surface area contributed by atoms with Gasteiger partial charge < -0.3 is 4.74 Å². The largest absolute Gasteiger partial charge is 0.435 e. The molecule has 0 bridgehead atoms. The zero-order chi connectivity index (χ0) is 7.11. The molecule has 2 nitrogen and oxygen atoms in total. The monoisotopic (exact) mass is 128 g/mol. The molecule has 0 aromatic carbocycles. The normalized spacial score (nSPS) is 10.0. The number of esters is 1. The molecule has 0 unspecified atom stereocenters. The van der Waals surface area contributed by atoms with E-state index >= 15 is 0 Å². The molecular formula is C7H12O2. The maximum Gasteiger partial charge on any atom is 0.310 e. The number of rotatable bonds is 3. The van der Waals surface area contributed by atoms with Crippen molar-refractivity contribution >= 4 is 5.97 Å². The quantitative estimate of drug-likeness (QED) is 0.428. The Kier molecular flexibility index (Phi) is 4.88. The van der Waals surface area contributed by atoms with Crippen molar-refractivity contribution < 1.29 is 9.53 Å². The molecule has 0 aliphatic rings. The van der Waals surface area contributed by atoms with Gasteiger partial charge in [0.25, 0.3) is 0 Å². The van der Waals surface area contributed by atoms with E-state index in [1.807, 2.05) is 6.92 Å². The maximum atomic E-state index is 10.5. The van der Waals surface area contributed by atoms with Gasteiger partial charge in [0.2, 0.25) is 0 Å². The minimum Gasteiger partial charge on any atom is -0.435 e. The van der Waals surface area contributed by atoms with Crippen LogP contribution in [0.1, 0.15) is 26.7 Å². The third-order valence-corrected chi connectivity index (χ3v) is 0.790. The van der Waals surface area contributed by atoms with Crippen molar-refractivity contribution in [2.24, 2.45) is 0 Å². The van der Waals surface area contributed by atoms with E-state index in [-0.39, 0.29) is 5.97 Å². The summed E-state index contributed by atoms with van der Waals surface area (Å²) in [7, 11) is 0. The molecule has 0 radical (unpaired) electrons. The Morgan fingerprint density at radius 2 is 2.33 bits per heavy atom. The zero-order valence-corrected chi connectivity index (χ0v) is 5.89. The summed E-state index contributed by atoms with van der Waals surface area (Å²) in [6.07, 6.45) is 4.44. The first-order chi connectivity index (χ1) is 4.31. The molecule has 0 saturated heterocycles. The highest BCUT2D eigenvalue weighted by atomic mass is 16.5. The predicted octanol–water partition coefficient (Wildman–Crippen LogP) is 1.86. The Balaban J connectivity index is 3.27. The molecule has 9 heavy (non-hydrogen) atoms. The van der Waals surface area contributed by atoms with Crippen molar-refractivity contribution in [2.45, 2.75) is 26.7 Å². The van der Waals surface area contributed by atoms with Crippen LogP contribution in [0, 0.1) is 0 Å². The van der Waals surface area contributed by atoms with Crippen molar-refractivity contribution in [3.05, 3.63) is 12.3 Å². The van der Waals surface area contributed by atoms with Crippen LogP contribution in [-0.4, -0.2) is 5.97 Å². The molecule has 0 heterocycles. The Morgan fingerprint density at radius 1 is 1.67 bits per heavy atom. The molecule has 0 spiro atoms. The summed E-state index contributed by atoms with van der Waals surface area (Å²) in [5.74, 6) is -0.157. The predicted molar refractivity (Wildman–Crippen MR) is 35.8 cm³/mol. The number of carbonyl (C=O) groups excluding carboxylic acids is 1. The second kappa shape index (κ2) is 5.35. The number of hydrogen-bond acceptors (Lipinski definition) is 2. The molecule has 52 valence electrons. The molecule has 0 aliphatic carbocycles. The number of carbonyl (C=O) groups is 1. The van der Waals surface area contributed by atoms with E-state index in [2.05, 4.69) is 4.74 Å². The SMILES string of the molecule is C/C=C/OC(=O)CCC. The second-order valence-corrected chi connectivity index (χ2v) is 1.71. The summed E-state index contributed by atoms with van der Waals surface area (Å²) >= 11 is 0. The van der Waals surface area contributed by atoms with Crippen LogP contribution in [-0.2, 0) is 9.53 Å². The third-order valence-electron chi connectivity index (χ3n) is 0.790. The summed E-state index contributed by atoms with van der Waals surface area (Å²) in [5, 5.41) is 0. The van der Waals surface area contributed by atoms with Crippen LogP contribution < -0.4 is 0 Å². The molecule has 0 aliphatic heterocycles. The molecule has 0 aromatic rings. The molecular weight excluding hydrogens is 116 g/mol. The summed E-state index contributed by atoms with van der Waals surface area (Å²) in [6.45, 7) is 3.75. The van der Waals surface area contributed by atoms with Gasteiger partial charge in [-0.15, -0.1) is 0 Å². The van der Waals surface area contributed by atoms with Crippen molar-refractivity contribution in [3.63, 3.8) is 0 Å². The van der Waals surface area contributed by atoms with E-state index in [0.717, 1.165) is 6.42 Å². The van der Waals surface area contributed by atoms with Gasteiger partial charge in [0.05, 0.1) is 6.26 Å². The summed E-state index contributed by atoms with van der Waals surface area (Å²) in [6, 6.07) is 0. The van der Waals surface area contributed by atoms with E-state index in [9.17, 15) is 4.79 Å². The highest BCUT2D eigenvalue weighted by Crippen LogP contribution is 1.90. The third kappa shape index (κ3) is 5.07. The average Bonchev–Trinajstić information content (AvgIpc) is 1.85. The lowest BCUT2D eigenvalue weighted by atomic mass is 10.3. The maximum absolute atomic E-state index is 10.5. The van der Waals surface area contributed by atoms with E-state index in [4.69, 9.17) is 0 Å². The Hall–Kier alpha value is -0.790. The molecule has 0 fully saturated rings. The number of allylic oxidation sites excluding steroid dienone is 1. The highest BCUT2D eigenvalue weighted by Gasteiger charge is 1.94. The highest BCUT2D eigenvalue weighted by molar-refractivity contribution is 5.69. The number of ether oxygens (including phenoxy) is 1. The first kappa shape index (κ1) is 8.21. The van der Waals surface area contributed by atoms with E-state index < -0.39 is 0 Å². The molecule has 0 atom stereocenters. The van der Waals surface area contributed by atoms with Gasteiger partial charge in [-0.3, -0.25) is 4.79 Å². The van der Waals surface area contributed by atoms with E-state index in [1.165, 1.54) is 6.26 Å². The van der Waals surface area contributed by atoms with Gasteiger partial charge in [-0.1, -0.05) is 13.0 Å². The van der Waals surface area contributed by atoms with Gasteiger partial charge in [0.1, 0.15) is 0 Å². The van der Waals surface area contributed by atoms with Crippen LogP contribution in [0.25, 0.3) is 0 Å². The van der Waals surface area contributed by atoms with Crippen molar-refractivity contribution in [1.82, 2.24) is 0 Å². The average molecular weight is 128 g/mol. The van der Waals surface area contributed by atoms with Crippen LogP contribution in [0.5, 0.6) is 0 Å². The molecule has 2 heteroatoms. The van der Waals surface area contributed by atoms with Gasteiger partial charge in [0, 0.05) is 6.42 Å². The Morgan fingerprint density at radius 3 is 2.78 bits per heavy atom. The van der Waals surface area contributed by atoms with Crippen LogP contribution >= 0.6 is 0 Å². The lowest BCUT2D eigenvalue weighted by Crippen LogP contribution is -1.96. The van der Waals surface area contributed by atoms with Gasteiger partial charge >= 0.3 is 5.97 Å². The minimum atomic E-state index is -0.157. The molecule has 0 saturated carbocycles. The van der Waals surface area contributed by atoms with E-state index in [0.29, 0.717) is 6.42 Å². The van der Waals surface area contributed by atoms with E-state index in [1.54, 1.807) is 13.0 Å². The molecule has 0 aromatic heterocycles. The lowest BCUT2D eigenvalue weighted by Gasteiger charge is -1.93. The summed E-state index contributed by atoms with van der Waals surface area (Å²) < 4.78 is 4.61. The zero-order valence-electron chi connectivity index (χ0n) is 5.89. The first-order valence-electron chi connectivity index (χ1n) is 3.12. The fourth-order valence-corrected chi connectivity index (χ4v) is 0.407. The number of hydrogen-bond donors (Lipinski definition) is 0. The Labute approximate surface area is 55.5 Å². The summed E-state index contributed by atoms with van der Waals surface area (Å²) in [5.41, 5.74) is 0. The van der Waals surface area contributed by atoms with Crippen LogP contribution in [0.15, 0.2) is 12.3 Å². The molecule has 0 amide bonds. The van der Waals surface area contributed by atoms with Gasteiger partial charge in [0.15, 0.2) is 0 Å². The standard InChI is InChI=1S/C7H12O2/c1-3-5-7(8)9-6-4-2/h4,6H,3,5H2,1-2H3/b6-4+. The van der Waals surface area contributed by atoms with Gasteiger partial charge in [-0.25, -0.2) is 0 Å². The molecule has 0 rings (SSSR count). The van der Waals surface area contributed by atoms with Crippen molar-refractivity contribution in [1.29, 1.82) is 0 Å². The van der Waals surface area contributed by atoms with Crippen molar-refractivity contribution in [2.75, 3.05) is 0 Å². The van der Waals surface area contributed by atoms with Crippen molar-refractivity contribution in [3.8, 4) is 0 Å². The summed E-state index contributed by atoms with van der Waals surface area (Å²) in [4.78, 5) is 10.5. The van der Waals surface area contributed by atoms with Gasteiger partial charge in [-0.05, 0) is 13.3 Å². The minimum absolute atomic E-state index is 0.157. The second-order valence-electron chi connectivity index (χ2n) is 1.71. The fourth-order valence-electron chi connectivity index (χ4n) is 0.407. The van der Waals surface area contributed by atoms with Crippen LogP contribution in [0.4, 0.5) is 0 Å². The molecule has 0 N–H and O–H groups in total. The fraction of sp³-hybridized carbons (Fsp3) is 0.571. The topological polar surface area (TPSA) is 26.3 Å². The van der Waals surface area contributed by atoms with Crippen LogP contribution in [0.2, 0.25) is 0 Å².